The van der Waals surface area contributed by atoms with E-state index in [4.69, 9.17) is 0 Å². The Morgan fingerprint density at radius 3 is 2.03 bits per heavy atom. The third-order valence-corrected chi connectivity index (χ3v) is 6.24. The van der Waals surface area contributed by atoms with E-state index in [9.17, 15) is 9.59 Å². The molecule has 29 heavy (non-hydrogen) atoms. The highest BCUT2D eigenvalue weighted by Gasteiger charge is 2.43. The van der Waals surface area contributed by atoms with Crippen LogP contribution in [0.25, 0.3) is 0 Å². The van der Waals surface area contributed by atoms with Crippen molar-refractivity contribution in [3.63, 3.8) is 0 Å². The maximum absolute atomic E-state index is 13.0. The lowest BCUT2D eigenvalue weighted by Gasteiger charge is -2.42. The number of nitrogens with zero attached hydrogens (tertiary/aromatic N) is 1. The second kappa shape index (κ2) is 10.7. The number of rotatable bonds is 12. The number of carbonyl (C=O) groups excluding carboxylic acids is 2. The molecule has 4 nitrogen and oxygen atoms in total. The van der Waals surface area contributed by atoms with Crippen molar-refractivity contribution >= 4 is 11.8 Å². The van der Waals surface area contributed by atoms with Gasteiger partial charge >= 0.3 is 0 Å². The molecule has 2 aliphatic rings. The van der Waals surface area contributed by atoms with Gasteiger partial charge in [0.25, 0.3) is 0 Å². The molecule has 1 saturated heterocycles. The summed E-state index contributed by atoms with van der Waals surface area (Å²) < 4.78 is 0. The molecule has 0 aromatic carbocycles. The molecule has 2 rings (SSSR count). The van der Waals surface area contributed by atoms with Crippen molar-refractivity contribution in [2.75, 3.05) is 0 Å². The van der Waals surface area contributed by atoms with Gasteiger partial charge in [-0.2, -0.15) is 0 Å². The monoisotopic (exact) mass is 404 g/mol. The highest BCUT2D eigenvalue weighted by Crippen LogP contribution is 2.35. The Morgan fingerprint density at radius 2 is 1.48 bits per heavy atom. The van der Waals surface area contributed by atoms with Gasteiger partial charge in [-0.05, 0) is 40.2 Å². The van der Waals surface area contributed by atoms with Crippen LogP contribution in [0, 0.1) is 5.92 Å². The summed E-state index contributed by atoms with van der Waals surface area (Å²) in [6.45, 7) is 10.7. The van der Waals surface area contributed by atoms with Crippen LogP contribution in [0.4, 0.5) is 0 Å². The number of likely N-dealkylation sites (tertiary alicyclic amines) is 1. The lowest BCUT2D eigenvalue weighted by Crippen LogP contribution is -2.56. The van der Waals surface area contributed by atoms with Crippen LogP contribution in [0.1, 0.15) is 118 Å². The molecule has 1 N–H and O–H groups in total. The Kier molecular flexibility index (Phi) is 8.93. The van der Waals surface area contributed by atoms with Gasteiger partial charge in [-0.15, -0.1) is 0 Å². The fourth-order valence-electron chi connectivity index (χ4n) is 5.12. The van der Waals surface area contributed by atoms with Crippen molar-refractivity contribution in [2.45, 2.75) is 129 Å². The smallest absolute Gasteiger partial charge is 0.237 e. The predicted molar refractivity (Wildman–Crippen MR) is 120 cm³/mol. The summed E-state index contributed by atoms with van der Waals surface area (Å²) in [7, 11) is 0. The molecule has 2 amide bonds. The first-order valence-electron chi connectivity index (χ1n) is 12.0. The summed E-state index contributed by atoms with van der Waals surface area (Å²) in [6.07, 6.45) is 17.0. The topological polar surface area (TPSA) is 49.4 Å². The molecule has 1 unspecified atom stereocenters. The van der Waals surface area contributed by atoms with Crippen LogP contribution in [0.5, 0.6) is 0 Å². The minimum atomic E-state index is -0.216. The SMILES string of the molecule is CCCCCCCCCCCCC1CC(=O)N(C2=CC(C)(C)NC(C)(C)C2)C1=O. The third kappa shape index (κ3) is 7.55. The van der Waals surface area contributed by atoms with Gasteiger partial charge < -0.3 is 5.32 Å². The van der Waals surface area contributed by atoms with Crippen molar-refractivity contribution in [1.82, 2.24) is 10.2 Å². The van der Waals surface area contributed by atoms with Crippen LogP contribution in [0.15, 0.2) is 11.8 Å². The number of imide groups is 1. The molecule has 2 aliphatic heterocycles. The van der Waals surface area contributed by atoms with Crippen LogP contribution in [0.2, 0.25) is 0 Å². The molecular formula is C25H44N2O2. The molecule has 4 heteroatoms. The molecule has 2 heterocycles. The van der Waals surface area contributed by atoms with Crippen molar-refractivity contribution in [1.29, 1.82) is 0 Å². The van der Waals surface area contributed by atoms with Gasteiger partial charge in [-0.1, -0.05) is 71.1 Å². The van der Waals surface area contributed by atoms with E-state index in [1.165, 1.54) is 62.7 Å². The van der Waals surface area contributed by atoms with Crippen LogP contribution in [-0.2, 0) is 9.59 Å². The van der Waals surface area contributed by atoms with E-state index < -0.39 is 0 Å². The van der Waals surface area contributed by atoms with E-state index in [0.717, 1.165) is 18.5 Å². The van der Waals surface area contributed by atoms with Crippen LogP contribution in [0.3, 0.4) is 0 Å². The van der Waals surface area contributed by atoms with Crippen molar-refractivity contribution in [3.05, 3.63) is 11.8 Å². The quantitative estimate of drug-likeness (QED) is 0.315. The summed E-state index contributed by atoms with van der Waals surface area (Å²) in [5.41, 5.74) is 0.550. The van der Waals surface area contributed by atoms with Crippen LogP contribution in [-0.4, -0.2) is 27.8 Å². The lowest BCUT2D eigenvalue weighted by molar-refractivity contribution is -0.137. The zero-order valence-corrected chi connectivity index (χ0v) is 19.6. The molecular weight excluding hydrogens is 360 g/mol. The zero-order valence-electron chi connectivity index (χ0n) is 19.6. The third-order valence-electron chi connectivity index (χ3n) is 6.24. The molecule has 0 saturated carbocycles. The minimum absolute atomic E-state index is 0.00757. The number of carbonyl (C=O) groups is 2. The second-order valence-corrected chi connectivity index (χ2v) is 10.5. The van der Waals surface area contributed by atoms with E-state index >= 15 is 0 Å². The Morgan fingerprint density at radius 1 is 0.931 bits per heavy atom. The average Bonchev–Trinajstić information content (AvgIpc) is 2.87. The van der Waals surface area contributed by atoms with Gasteiger partial charge in [-0.3, -0.25) is 14.5 Å². The van der Waals surface area contributed by atoms with Gasteiger partial charge in [0, 0.05) is 35.5 Å². The molecule has 166 valence electrons. The first kappa shape index (κ1) is 24.1. The minimum Gasteiger partial charge on any atom is -0.303 e. The van der Waals surface area contributed by atoms with Gasteiger partial charge in [-0.25, -0.2) is 0 Å². The molecule has 0 spiro atoms. The number of nitrogens with one attached hydrogen (secondary N) is 1. The highest BCUT2D eigenvalue weighted by atomic mass is 16.2. The zero-order chi connectivity index (χ0) is 21.5. The van der Waals surface area contributed by atoms with Crippen molar-refractivity contribution in [2.24, 2.45) is 5.92 Å². The number of amides is 2. The summed E-state index contributed by atoms with van der Waals surface area (Å²) in [5, 5.41) is 3.57. The maximum atomic E-state index is 13.0. The van der Waals surface area contributed by atoms with E-state index in [-0.39, 0.29) is 28.8 Å². The van der Waals surface area contributed by atoms with E-state index in [2.05, 4.69) is 46.0 Å². The maximum Gasteiger partial charge on any atom is 0.237 e. The van der Waals surface area contributed by atoms with E-state index in [1.54, 1.807) is 0 Å². The Balaban J connectivity index is 1.73. The molecule has 0 radical (unpaired) electrons. The van der Waals surface area contributed by atoms with E-state index in [1.807, 2.05) is 0 Å². The standard InChI is InChI=1S/C25H44N2O2/c1-6-7-8-9-10-11-12-13-14-15-16-20-17-22(28)27(23(20)29)21-18-24(2,3)26-25(4,5)19-21/h18,20,26H,6-17,19H2,1-5H3. The Bertz CT molecular complexity index is 592. The number of unbranched alkanes of at least 4 members (excludes halogenated alkanes) is 9. The molecule has 1 fully saturated rings. The summed E-state index contributed by atoms with van der Waals surface area (Å²) >= 11 is 0. The normalized spacial score (nSPS) is 23.6. The summed E-state index contributed by atoms with van der Waals surface area (Å²) in [5.74, 6) is -0.0870. The van der Waals surface area contributed by atoms with Gasteiger partial charge in [0.2, 0.25) is 11.8 Å². The van der Waals surface area contributed by atoms with Gasteiger partial charge in [0.05, 0.1) is 0 Å². The average molecular weight is 405 g/mol. The molecule has 1 atom stereocenters. The fourth-order valence-corrected chi connectivity index (χ4v) is 5.12. The predicted octanol–water partition coefficient (Wildman–Crippen LogP) is 6.11. The largest absolute Gasteiger partial charge is 0.303 e. The number of hydrogen-bond donors (Lipinski definition) is 1. The summed E-state index contributed by atoms with van der Waals surface area (Å²) in [4.78, 5) is 27.1. The van der Waals surface area contributed by atoms with E-state index in [0.29, 0.717) is 12.8 Å². The Hall–Kier alpha value is -1.16. The van der Waals surface area contributed by atoms with Crippen LogP contribution < -0.4 is 5.32 Å². The van der Waals surface area contributed by atoms with Crippen molar-refractivity contribution < 1.29 is 9.59 Å². The lowest BCUT2D eigenvalue weighted by atomic mass is 9.86. The summed E-state index contributed by atoms with van der Waals surface area (Å²) in [6, 6.07) is 0. The Labute approximate surface area is 178 Å². The first-order chi connectivity index (χ1) is 13.7. The van der Waals surface area contributed by atoms with Crippen molar-refractivity contribution in [3.8, 4) is 0 Å². The highest BCUT2D eigenvalue weighted by molar-refractivity contribution is 6.05. The number of hydrogen-bond acceptors (Lipinski definition) is 3. The second-order valence-electron chi connectivity index (χ2n) is 10.5. The van der Waals surface area contributed by atoms with Gasteiger partial charge in [0.15, 0.2) is 0 Å². The molecule has 0 aromatic rings. The molecule has 0 aromatic heterocycles. The molecule has 0 aliphatic carbocycles. The van der Waals surface area contributed by atoms with Crippen LogP contribution >= 0.6 is 0 Å². The fraction of sp³-hybridized carbons (Fsp3) is 0.840. The van der Waals surface area contributed by atoms with Gasteiger partial charge in [0.1, 0.15) is 0 Å². The first-order valence-corrected chi connectivity index (χ1v) is 12.0. The molecule has 0 bridgehead atoms.